The average Bonchev–Trinajstić information content (AvgIpc) is 2.69. The highest BCUT2D eigenvalue weighted by Crippen LogP contribution is 2.17. The van der Waals surface area contributed by atoms with Gasteiger partial charge in [-0.15, -0.1) is 0 Å². The van der Waals surface area contributed by atoms with Gasteiger partial charge in [-0.05, 0) is 74.9 Å². The standard InChI is InChI=1S/C24H33NO3/c1-5-19-12-14-21(15-13-19)28-23(6-2)24(26)25-16-8-10-20-9-7-11-22(17-20)27-18(3)4/h7,9,11-15,17-18,23H,5-6,8,10,16H2,1-4H3,(H,25,26)/t23-/m0/s1. The van der Waals surface area contributed by atoms with Crippen molar-refractivity contribution in [2.75, 3.05) is 6.54 Å². The molecule has 0 aliphatic heterocycles. The molecule has 2 aromatic carbocycles. The Morgan fingerprint density at radius 3 is 2.36 bits per heavy atom. The molecule has 2 rings (SSSR count). The lowest BCUT2D eigenvalue weighted by atomic mass is 10.1. The SMILES string of the molecule is CCc1ccc(O[C@@H](CC)C(=O)NCCCc2cccc(OC(C)C)c2)cc1. The second-order valence-corrected chi connectivity index (χ2v) is 7.22. The third-order valence-electron chi connectivity index (χ3n) is 4.48. The lowest BCUT2D eigenvalue weighted by molar-refractivity contribution is -0.128. The van der Waals surface area contributed by atoms with Gasteiger partial charge in [0.15, 0.2) is 6.10 Å². The van der Waals surface area contributed by atoms with E-state index in [1.54, 1.807) is 0 Å². The van der Waals surface area contributed by atoms with Crippen LogP contribution in [-0.4, -0.2) is 24.7 Å². The van der Waals surface area contributed by atoms with Crippen LogP contribution in [0.1, 0.15) is 51.7 Å². The van der Waals surface area contributed by atoms with E-state index in [1.807, 2.05) is 57.2 Å². The zero-order valence-electron chi connectivity index (χ0n) is 17.5. The zero-order valence-corrected chi connectivity index (χ0v) is 17.5. The molecule has 0 fully saturated rings. The molecule has 0 radical (unpaired) electrons. The second kappa shape index (κ2) is 11.4. The number of ether oxygens (including phenoxy) is 2. The van der Waals surface area contributed by atoms with E-state index in [1.165, 1.54) is 11.1 Å². The maximum atomic E-state index is 12.4. The van der Waals surface area contributed by atoms with Crippen LogP contribution in [0.2, 0.25) is 0 Å². The molecule has 28 heavy (non-hydrogen) atoms. The van der Waals surface area contributed by atoms with E-state index in [0.717, 1.165) is 30.8 Å². The molecule has 1 N–H and O–H groups in total. The van der Waals surface area contributed by atoms with Gasteiger partial charge in [0.1, 0.15) is 11.5 Å². The number of rotatable bonds is 11. The molecule has 1 amide bonds. The molecule has 0 heterocycles. The van der Waals surface area contributed by atoms with Gasteiger partial charge in [-0.25, -0.2) is 0 Å². The number of hydrogen-bond acceptors (Lipinski definition) is 3. The minimum absolute atomic E-state index is 0.0565. The highest BCUT2D eigenvalue weighted by atomic mass is 16.5. The van der Waals surface area contributed by atoms with E-state index < -0.39 is 6.10 Å². The van der Waals surface area contributed by atoms with Crippen molar-refractivity contribution in [2.24, 2.45) is 0 Å². The number of nitrogens with one attached hydrogen (secondary N) is 1. The molecular formula is C24H33NO3. The second-order valence-electron chi connectivity index (χ2n) is 7.22. The minimum atomic E-state index is -0.463. The van der Waals surface area contributed by atoms with Crippen molar-refractivity contribution in [3.05, 3.63) is 59.7 Å². The Morgan fingerprint density at radius 1 is 0.964 bits per heavy atom. The van der Waals surface area contributed by atoms with Gasteiger partial charge in [0, 0.05) is 6.54 Å². The fraction of sp³-hybridized carbons (Fsp3) is 0.458. The van der Waals surface area contributed by atoms with Gasteiger partial charge >= 0.3 is 0 Å². The Hall–Kier alpha value is -2.49. The molecule has 0 aliphatic rings. The van der Waals surface area contributed by atoms with Gasteiger partial charge in [0.2, 0.25) is 0 Å². The van der Waals surface area contributed by atoms with Crippen LogP contribution in [0.4, 0.5) is 0 Å². The van der Waals surface area contributed by atoms with Crippen LogP contribution in [0.25, 0.3) is 0 Å². The quantitative estimate of drug-likeness (QED) is 0.559. The molecule has 0 aromatic heterocycles. The molecule has 0 unspecified atom stereocenters. The fourth-order valence-electron chi connectivity index (χ4n) is 2.95. The van der Waals surface area contributed by atoms with Crippen molar-refractivity contribution in [2.45, 2.75) is 65.6 Å². The predicted octanol–water partition coefficient (Wildman–Crippen LogP) is 4.94. The zero-order chi connectivity index (χ0) is 20.4. The van der Waals surface area contributed by atoms with Gasteiger partial charge in [-0.1, -0.05) is 38.1 Å². The summed E-state index contributed by atoms with van der Waals surface area (Å²) in [7, 11) is 0. The lowest BCUT2D eigenvalue weighted by Crippen LogP contribution is -2.38. The van der Waals surface area contributed by atoms with Crippen LogP contribution in [-0.2, 0) is 17.6 Å². The summed E-state index contributed by atoms with van der Waals surface area (Å²) in [5.41, 5.74) is 2.47. The maximum Gasteiger partial charge on any atom is 0.261 e. The Bertz CT molecular complexity index is 725. The number of carbonyl (C=O) groups is 1. The van der Waals surface area contributed by atoms with Crippen LogP contribution >= 0.6 is 0 Å². The smallest absolute Gasteiger partial charge is 0.261 e. The molecule has 0 saturated heterocycles. The predicted molar refractivity (Wildman–Crippen MR) is 114 cm³/mol. The number of benzene rings is 2. The number of carbonyl (C=O) groups excluding carboxylic acids is 1. The van der Waals surface area contributed by atoms with E-state index in [9.17, 15) is 4.79 Å². The first-order valence-corrected chi connectivity index (χ1v) is 10.3. The maximum absolute atomic E-state index is 12.4. The average molecular weight is 384 g/mol. The Kier molecular flexibility index (Phi) is 8.86. The van der Waals surface area contributed by atoms with E-state index in [0.29, 0.717) is 13.0 Å². The molecular weight excluding hydrogens is 350 g/mol. The molecule has 0 aliphatic carbocycles. The number of aryl methyl sites for hydroxylation is 2. The molecule has 0 saturated carbocycles. The first-order valence-electron chi connectivity index (χ1n) is 10.3. The molecule has 2 aromatic rings. The van der Waals surface area contributed by atoms with Gasteiger partial charge in [0.25, 0.3) is 5.91 Å². The topological polar surface area (TPSA) is 47.6 Å². The van der Waals surface area contributed by atoms with E-state index in [2.05, 4.69) is 24.4 Å². The highest BCUT2D eigenvalue weighted by molar-refractivity contribution is 5.81. The number of hydrogen-bond donors (Lipinski definition) is 1. The summed E-state index contributed by atoms with van der Waals surface area (Å²) >= 11 is 0. The summed E-state index contributed by atoms with van der Waals surface area (Å²) in [6.07, 6.45) is 3.10. The first kappa shape index (κ1) is 21.8. The monoisotopic (exact) mass is 383 g/mol. The summed E-state index contributed by atoms with van der Waals surface area (Å²) < 4.78 is 11.6. The van der Waals surface area contributed by atoms with Crippen molar-refractivity contribution >= 4 is 5.91 Å². The van der Waals surface area contributed by atoms with Crippen LogP contribution in [0.15, 0.2) is 48.5 Å². The first-order chi connectivity index (χ1) is 13.5. The number of amides is 1. The summed E-state index contributed by atoms with van der Waals surface area (Å²) in [5, 5.41) is 3.00. The van der Waals surface area contributed by atoms with Crippen LogP contribution in [0.3, 0.4) is 0 Å². The van der Waals surface area contributed by atoms with Crippen molar-refractivity contribution < 1.29 is 14.3 Å². The Labute approximate surface area is 169 Å². The molecule has 4 nitrogen and oxygen atoms in total. The molecule has 1 atom stereocenters. The van der Waals surface area contributed by atoms with E-state index in [-0.39, 0.29) is 12.0 Å². The summed E-state index contributed by atoms with van der Waals surface area (Å²) in [6, 6.07) is 16.1. The normalized spacial score (nSPS) is 11.9. The minimum Gasteiger partial charge on any atom is -0.491 e. The Balaban J connectivity index is 1.77. The third-order valence-corrected chi connectivity index (χ3v) is 4.48. The molecule has 4 heteroatoms. The van der Waals surface area contributed by atoms with Gasteiger partial charge in [-0.3, -0.25) is 4.79 Å². The van der Waals surface area contributed by atoms with Crippen molar-refractivity contribution in [1.29, 1.82) is 0 Å². The molecule has 0 spiro atoms. The van der Waals surface area contributed by atoms with Crippen molar-refractivity contribution in [3.63, 3.8) is 0 Å². The fourth-order valence-corrected chi connectivity index (χ4v) is 2.95. The third kappa shape index (κ3) is 7.26. The summed E-state index contributed by atoms with van der Waals surface area (Å²) in [4.78, 5) is 12.4. The van der Waals surface area contributed by atoms with Crippen LogP contribution in [0.5, 0.6) is 11.5 Å². The van der Waals surface area contributed by atoms with Crippen molar-refractivity contribution in [3.8, 4) is 11.5 Å². The molecule has 152 valence electrons. The van der Waals surface area contributed by atoms with E-state index in [4.69, 9.17) is 9.47 Å². The highest BCUT2D eigenvalue weighted by Gasteiger charge is 2.17. The lowest BCUT2D eigenvalue weighted by Gasteiger charge is -2.17. The van der Waals surface area contributed by atoms with Gasteiger partial charge in [0.05, 0.1) is 6.10 Å². The summed E-state index contributed by atoms with van der Waals surface area (Å²) in [6.45, 7) is 8.75. The largest absolute Gasteiger partial charge is 0.491 e. The van der Waals surface area contributed by atoms with E-state index >= 15 is 0 Å². The van der Waals surface area contributed by atoms with Gasteiger partial charge < -0.3 is 14.8 Å². The van der Waals surface area contributed by atoms with Gasteiger partial charge in [-0.2, -0.15) is 0 Å². The summed E-state index contributed by atoms with van der Waals surface area (Å²) in [5.74, 6) is 1.57. The van der Waals surface area contributed by atoms with Crippen molar-refractivity contribution in [1.82, 2.24) is 5.32 Å². The van der Waals surface area contributed by atoms with Crippen LogP contribution < -0.4 is 14.8 Å². The molecule has 0 bridgehead atoms. The Morgan fingerprint density at radius 2 is 1.71 bits per heavy atom. The van der Waals surface area contributed by atoms with Crippen LogP contribution in [0, 0.1) is 0 Å².